The van der Waals surface area contributed by atoms with E-state index in [-0.39, 0.29) is 0 Å². The second-order valence-corrected chi connectivity index (χ2v) is 4.36. The van der Waals surface area contributed by atoms with E-state index < -0.39 is 5.67 Å². The molecule has 2 N–H and O–H groups in total. The summed E-state index contributed by atoms with van der Waals surface area (Å²) in [5.74, 6) is 0. The topological polar surface area (TPSA) is 29.3 Å². The van der Waals surface area contributed by atoms with E-state index in [1.165, 1.54) is 0 Å². The fourth-order valence-electron chi connectivity index (χ4n) is 1.92. The maximum absolute atomic E-state index is 14.5. The Hall–Kier alpha value is -1.25. The monoisotopic (exact) mass is 240 g/mol. The van der Waals surface area contributed by atoms with Crippen LogP contribution in [0.5, 0.6) is 0 Å². The van der Waals surface area contributed by atoms with E-state index in [2.05, 4.69) is 13.2 Å². The standard InChI is InChI=1S/C14H25FN2/c1-6-10-14(15,9-4)11-17(5)13(8-3)12(16)7-2/h7-8H,2-3,6,9-11,16H2,1,4-5H3/b13-12-. The van der Waals surface area contributed by atoms with E-state index in [1.807, 2.05) is 25.8 Å². The Bertz CT molecular complexity index is 297. The minimum Gasteiger partial charge on any atom is -0.397 e. The number of allylic oxidation sites excluding steroid dienone is 2. The number of alkyl halides is 1. The molecule has 0 spiro atoms. The van der Waals surface area contributed by atoms with E-state index in [0.29, 0.717) is 25.1 Å². The number of likely N-dealkylation sites (N-methyl/N-ethyl adjacent to an activating group) is 1. The largest absolute Gasteiger partial charge is 0.397 e. The molecule has 2 nitrogen and oxygen atoms in total. The molecular formula is C14H25FN2. The van der Waals surface area contributed by atoms with E-state index in [1.54, 1.807) is 12.2 Å². The fourth-order valence-corrected chi connectivity index (χ4v) is 1.92. The summed E-state index contributed by atoms with van der Waals surface area (Å²) in [6.07, 6.45) is 5.09. The van der Waals surface area contributed by atoms with Crippen LogP contribution >= 0.6 is 0 Å². The van der Waals surface area contributed by atoms with Crippen molar-refractivity contribution in [1.29, 1.82) is 0 Å². The van der Waals surface area contributed by atoms with Gasteiger partial charge < -0.3 is 10.6 Å². The molecule has 0 heterocycles. The van der Waals surface area contributed by atoms with Gasteiger partial charge in [0.15, 0.2) is 0 Å². The van der Waals surface area contributed by atoms with Crippen LogP contribution in [-0.2, 0) is 0 Å². The molecule has 98 valence electrons. The van der Waals surface area contributed by atoms with Gasteiger partial charge in [-0.05, 0) is 25.0 Å². The molecule has 0 aliphatic heterocycles. The molecule has 0 fully saturated rings. The molecule has 0 amide bonds. The molecule has 0 aromatic rings. The Balaban J connectivity index is 4.87. The first-order valence-electron chi connectivity index (χ1n) is 6.08. The smallest absolute Gasteiger partial charge is 0.128 e. The maximum Gasteiger partial charge on any atom is 0.128 e. The summed E-state index contributed by atoms with van der Waals surface area (Å²) < 4.78 is 14.5. The average molecular weight is 240 g/mol. The van der Waals surface area contributed by atoms with Gasteiger partial charge in [0.2, 0.25) is 0 Å². The quantitative estimate of drug-likeness (QED) is 0.659. The molecule has 17 heavy (non-hydrogen) atoms. The summed E-state index contributed by atoms with van der Waals surface area (Å²) in [5.41, 5.74) is 5.88. The molecule has 0 aliphatic carbocycles. The van der Waals surface area contributed by atoms with Crippen LogP contribution < -0.4 is 5.73 Å². The van der Waals surface area contributed by atoms with Gasteiger partial charge >= 0.3 is 0 Å². The van der Waals surface area contributed by atoms with Crippen LogP contribution in [0.1, 0.15) is 33.1 Å². The highest BCUT2D eigenvalue weighted by Gasteiger charge is 2.28. The third-order valence-electron chi connectivity index (χ3n) is 2.97. The molecular weight excluding hydrogens is 215 g/mol. The number of halogens is 1. The Morgan fingerprint density at radius 2 is 1.94 bits per heavy atom. The Morgan fingerprint density at radius 3 is 2.29 bits per heavy atom. The van der Waals surface area contributed by atoms with Crippen molar-refractivity contribution in [3.63, 3.8) is 0 Å². The normalized spacial score (nSPS) is 15.8. The summed E-state index contributed by atoms with van der Waals surface area (Å²) in [6, 6.07) is 0. The first-order chi connectivity index (χ1) is 7.94. The van der Waals surface area contributed by atoms with Gasteiger partial charge in [0.05, 0.1) is 17.9 Å². The third-order valence-corrected chi connectivity index (χ3v) is 2.97. The van der Waals surface area contributed by atoms with Crippen molar-refractivity contribution in [3.8, 4) is 0 Å². The zero-order valence-corrected chi connectivity index (χ0v) is 11.3. The number of hydrogen-bond acceptors (Lipinski definition) is 2. The number of hydrogen-bond donors (Lipinski definition) is 1. The van der Waals surface area contributed by atoms with Crippen LogP contribution in [0.15, 0.2) is 36.7 Å². The number of rotatable bonds is 8. The van der Waals surface area contributed by atoms with Gasteiger partial charge in [-0.3, -0.25) is 0 Å². The maximum atomic E-state index is 14.5. The van der Waals surface area contributed by atoms with E-state index in [9.17, 15) is 4.39 Å². The van der Waals surface area contributed by atoms with Crippen molar-refractivity contribution < 1.29 is 4.39 Å². The molecule has 0 saturated carbocycles. The Morgan fingerprint density at radius 1 is 1.35 bits per heavy atom. The van der Waals surface area contributed by atoms with Gasteiger partial charge in [0.25, 0.3) is 0 Å². The fraction of sp³-hybridized carbons (Fsp3) is 0.571. The lowest BCUT2D eigenvalue weighted by atomic mass is 9.96. The van der Waals surface area contributed by atoms with Crippen LogP contribution in [-0.4, -0.2) is 24.2 Å². The van der Waals surface area contributed by atoms with Gasteiger partial charge in [-0.15, -0.1) is 0 Å². The lowest BCUT2D eigenvalue weighted by Gasteiger charge is -2.31. The van der Waals surface area contributed by atoms with E-state index >= 15 is 0 Å². The molecule has 1 unspecified atom stereocenters. The lowest BCUT2D eigenvalue weighted by Crippen LogP contribution is -2.37. The highest BCUT2D eigenvalue weighted by Crippen LogP contribution is 2.25. The number of nitrogens with zero attached hydrogens (tertiary/aromatic N) is 1. The SMILES string of the molecule is C=C/C(N)=C(\C=C)N(C)CC(F)(CC)CCC. The van der Waals surface area contributed by atoms with Crippen LogP contribution in [0.4, 0.5) is 4.39 Å². The summed E-state index contributed by atoms with van der Waals surface area (Å²) in [4.78, 5) is 1.81. The molecule has 1 atom stereocenters. The summed E-state index contributed by atoms with van der Waals surface area (Å²) >= 11 is 0. The number of nitrogens with two attached hydrogens (primary N) is 1. The third kappa shape index (κ3) is 4.63. The Kier molecular flexibility index (Phi) is 6.62. The highest BCUT2D eigenvalue weighted by atomic mass is 19.1. The molecule has 0 aromatic heterocycles. The molecule has 0 saturated heterocycles. The molecule has 0 radical (unpaired) electrons. The van der Waals surface area contributed by atoms with Gasteiger partial charge in [0, 0.05) is 7.05 Å². The second kappa shape index (κ2) is 7.15. The first-order valence-corrected chi connectivity index (χ1v) is 6.08. The molecule has 0 aliphatic rings. The minimum atomic E-state index is -1.17. The Labute approximate surface area is 105 Å². The van der Waals surface area contributed by atoms with E-state index in [4.69, 9.17) is 5.73 Å². The molecule has 3 heteroatoms. The van der Waals surface area contributed by atoms with Gasteiger partial charge in [0.1, 0.15) is 5.67 Å². The van der Waals surface area contributed by atoms with Crippen LogP contribution in [0, 0.1) is 0 Å². The van der Waals surface area contributed by atoms with Gasteiger partial charge in [-0.2, -0.15) is 0 Å². The average Bonchev–Trinajstić information content (AvgIpc) is 2.29. The zero-order chi connectivity index (χ0) is 13.5. The van der Waals surface area contributed by atoms with Gasteiger partial charge in [-0.25, -0.2) is 4.39 Å². The van der Waals surface area contributed by atoms with Crippen molar-refractivity contribution in [2.45, 2.75) is 38.8 Å². The molecule has 0 rings (SSSR count). The molecule has 0 bridgehead atoms. The van der Waals surface area contributed by atoms with E-state index in [0.717, 1.165) is 12.1 Å². The predicted octanol–water partition coefficient (Wildman–Crippen LogP) is 3.38. The summed E-state index contributed by atoms with van der Waals surface area (Å²) in [5, 5.41) is 0. The second-order valence-electron chi connectivity index (χ2n) is 4.36. The predicted molar refractivity (Wildman–Crippen MR) is 73.3 cm³/mol. The van der Waals surface area contributed by atoms with Crippen molar-refractivity contribution >= 4 is 0 Å². The molecule has 0 aromatic carbocycles. The minimum absolute atomic E-state index is 0.327. The zero-order valence-electron chi connectivity index (χ0n) is 11.3. The highest BCUT2D eigenvalue weighted by molar-refractivity contribution is 5.27. The van der Waals surface area contributed by atoms with Gasteiger partial charge in [-0.1, -0.05) is 33.4 Å². The van der Waals surface area contributed by atoms with Crippen molar-refractivity contribution in [2.75, 3.05) is 13.6 Å². The van der Waals surface area contributed by atoms with Crippen molar-refractivity contribution in [1.82, 2.24) is 4.90 Å². The first kappa shape index (κ1) is 15.8. The van der Waals surface area contributed by atoms with Crippen LogP contribution in [0.2, 0.25) is 0 Å². The summed E-state index contributed by atoms with van der Waals surface area (Å²) in [6.45, 7) is 11.5. The summed E-state index contributed by atoms with van der Waals surface area (Å²) in [7, 11) is 1.83. The van der Waals surface area contributed by atoms with Crippen LogP contribution in [0.3, 0.4) is 0 Å². The van der Waals surface area contributed by atoms with Crippen LogP contribution in [0.25, 0.3) is 0 Å². The van der Waals surface area contributed by atoms with Crippen molar-refractivity contribution in [2.24, 2.45) is 5.73 Å². The lowest BCUT2D eigenvalue weighted by molar-refractivity contribution is 0.105. The van der Waals surface area contributed by atoms with Crippen molar-refractivity contribution in [3.05, 3.63) is 36.7 Å².